The number of ether oxygens (including phenoxy) is 2. The number of benzene rings is 2. The van der Waals surface area contributed by atoms with Gasteiger partial charge in [0.1, 0.15) is 40.8 Å². The minimum atomic E-state index is -1.32. The number of pyridine rings is 1. The van der Waals surface area contributed by atoms with E-state index < -0.39 is 59.3 Å². The van der Waals surface area contributed by atoms with Gasteiger partial charge in [-0.05, 0) is 43.2 Å². The summed E-state index contributed by atoms with van der Waals surface area (Å²) in [6.07, 6.45) is 2.30. The number of nitrogens with zero attached hydrogens (tertiary/aromatic N) is 4. The zero-order chi connectivity index (χ0) is 35.1. The smallest absolute Gasteiger partial charge is 0.410 e. The summed E-state index contributed by atoms with van der Waals surface area (Å²) in [4.78, 5) is 59.8. The number of nitrogens with one attached hydrogen (secondary N) is 2. The number of imidazole rings is 1. The molecular weight excluding hydrogens is 640 g/mol. The summed E-state index contributed by atoms with van der Waals surface area (Å²) in [5.74, 6) is -5.39. The summed E-state index contributed by atoms with van der Waals surface area (Å²) in [6, 6.07) is 6.09. The lowest BCUT2D eigenvalue weighted by Gasteiger charge is -2.19. The fourth-order valence-corrected chi connectivity index (χ4v) is 4.31. The first-order valence-electron chi connectivity index (χ1n) is 14.4. The van der Waals surface area contributed by atoms with Crippen molar-refractivity contribution in [3.8, 4) is 5.75 Å². The third-order valence-corrected chi connectivity index (χ3v) is 6.86. The molecule has 4 aromatic rings. The summed E-state index contributed by atoms with van der Waals surface area (Å²) >= 11 is 0. The van der Waals surface area contributed by atoms with Gasteiger partial charge in [-0.2, -0.15) is 0 Å². The van der Waals surface area contributed by atoms with Crippen molar-refractivity contribution in [3.63, 3.8) is 0 Å². The normalized spacial score (nSPS) is 11.8. The molecule has 12 nitrogen and oxygen atoms in total. The molecule has 0 spiro atoms. The number of hydrogen-bond acceptors (Lipinski definition) is 7. The van der Waals surface area contributed by atoms with Crippen LogP contribution in [-0.4, -0.2) is 76.5 Å². The highest BCUT2D eigenvalue weighted by atomic mass is 19.1. The number of allylic oxidation sites excluding steroid dienone is 1. The first kappa shape index (κ1) is 35.2. The zero-order valence-electron chi connectivity index (χ0n) is 26.4. The Kier molecular flexibility index (Phi) is 11.2. The lowest BCUT2D eigenvalue weighted by atomic mass is 10.1. The molecule has 0 aliphatic rings. The molecule has 0 saturated heterocycles. The maximum Gasteiger partial charge on any atom is 0.410 e. The maximum absolute atomic E-state index is 14.8. The van der Waals surface area contributed by atoms with Gasteiger partial charge >= 0.3 is 6.09 Å². The molecule has 1 unspecified atom stereocenters. The van der Waals surface area contributed by atoms with E-state index in [1.807, 2.05) is 0 Å². The van der Waals surface area contributed by atoms with Crippen LogP contribution in [0.1, 0.15) is 24.2 Å². The molecule has 16 heteroatoms. The van der Waals surface area contributed by atoms with Gasteiger partial charge in [-0.25, -0.2) is 27.3 Å². The lowest BCUT2D eigenvalue weighted by molar-refractivity contribution is -0.125. The van der Waals surface area contributed by atoms with E-state index in [4.69, 9.17) is 9.47 Å². The summed E-state index contributed by atoms with van der Waals surface area (Å²) in [7, 11) is 6.02. The minimum Gasteiger partial charge on any atom is -0.483 e. The summed E-state index contributed by atoms with van der Waals surface area (Å²) in [5, 5.41) is 2.46. The number of rotatable bonds is 12. The van der Waals surface area contributed by atoms with Crippen LogP contribution >= 0.6 is 0 Å². The Morgan fingerprint density at radius 3 is 2.46 bits per heavy atom. The van der Waals surface area contributed by atoms with E-state index in [2.05, 4.69) is 15.3 Å². The first-order chi connectivity index (χ1) is 22.7. The van der Waals surface area contributed by atoms with E-state index in [0.29, 0.717) is 12.1 Å². The number of H-pyrrole nitrogens is 1. The minimum absolute atomic E-state index is 0.00294. The Hall–Kier alpha value is -5.67. The molecule has 48 heavy (non-hydrogen) atoms. The number of carbonyl (C=O) groups is 3. The third-order valence-electron chi connectivity index (χ3n) is 6.86. The first-order valence-corrected chi connectivity index (χ1v) is 14.4. The van der Waals surface area contributed by atoms with Gasteiger partial charge in [0, 0.05) is 52.1 Å². The fourth-order valence-electron chi connectivity index (χ4n) is 4.31. The monoisotopic (exact) mass is 672 g/mol. The van der Waals surface area contributed by atoms with Gasteiger partial charge in [-0.3, -0.25) is 14.4 Å². The third kappa shape index (κ3) is 8.57. The largest absolute Gasteiger partial charge is 0.483 e. The molecule has 0 fully saturated rings. The van der Waals surface area contributed by atoms with Crippen molar-refractivity contribution < 1.29 is 41.4 Å². The van der Waals surface area contributed by atoms with Gasteiger partial charge in [-0.1, -0.05) is 6.08 Å². The fraction of sp³-hybridized carbons (Fsp3) is 0.281. The van der Waals surface area contributed by atoms with Crippen LogP contribution in [0.15, 0.2) is 59.5 Å². The highest BCUT2D eigenvalue weighted by Crippen LogP contribution is 2.31. The Morgan fingerprint density at radius 2 is 1.77 bits per heavy atom. The Bertz CT molecular complexity index is 1920. The molecule has 2 aromatic heterocycles. The Balaban J connectivity index is 1.53. The molecule has 2 aromatic carbocycles. The van der Waals surface area contributed by atoms with Crippen LogP contribution in [-0.2, 0) is 27.5 Å². The van der Waals surface area contributed by atoms with E-state index in [1.54, 1.807) is 14.1 Å². The quantitative estimate of drug-likeness (QED) is 0.169. The molecular formula is C32H32F4N6O6. The molecule has 3 amide bonds. The standard InChI is InChI=1S/C32H32F4N6O6/c1-40(2)26(43)10-6-5-9-24(48-32(46)41(3)4)30(44)37-23-8-7-13-42(31(23)45)16-25-38-27-21(35)15-22(36)29(28(27)39-25)47-17-18-11-12-19(33)14-20(18)34/h6-8,10-15,24H,5,9,16-17H2,1-4H3,(H,37,44)(H,38,39). The van der Waals surface area contributed by atoms with Crippen LogP contribution in [0.4, 0.5) is 28.0 Å². The van der Waals surface area contributed by atoms with Crippen molar-refractivity contribution in [2.45, 2.75) is 32.1 Å². The van der Waals surface area contributed by atoms with Gasteiger partial charge in [0.2, 0.25) is 5.91 Å². The van der Waals surface area contributed by atoms with Crippen molar-refractivity contribution in [3.05, 3.63) is 99.8 Å². The molecule has 0 saturated carbocycles. The van der Waals surface area contributed by atoms with E-state index >= 15 is 0 Å². The topological polar surface area (TPSA) is 139 Å². The van der Waals surface area contributed by atoms with Gasteiger partial charge in [0.15, 0.2) is 23.5 Å². The number of fused-ring (bicyclic) bond motifs is 1. The second-order valence-corrected chi connectivity index (χ2v) is 10.9. The van der Waals surface area contributed by atoms with E-state index in [-0.39, 0.29) is 53.4 Å². The van der Waals surface area contributed by atoms with E-state index in [9.17, 15) is 36.7 Å². The van der Waals surface area contributed by atoms with Crippen molar-refractivity contribution in [1.29, 1.82) is 0 Å². The number of carbonyl (C=O) groups excluding carboxylic acids is 3. The molecule has 2 heterocycles. The summed E-state index contributed by atoms with van der Waals surface area (Å²) in [5.41, 5.74) is -1.46. The van der Waals surface area contributed by atoms with E-state index in [1.165, 1.54) is 49.5 Å². The van der Waals surface area contributed by atoms with Gasteiger partial charge in [-0.15, -0.1) is 0 Å². The zero-order valence-corrected chi connectivity index (χ0v) is 26.4. The van der Waals surface area contributed by atoms with Crippen LogP contribution in [0, 0.1) is 23.3 Å². The molecule has 0 radical (unpaired) electrons. The molecule has 0 bridgehead atoms. The number of hydrogen-bond donors (Lipinski definition) is 2. The predicted molar refractivity (Wildman–Crippen MR) is 166 cm³/mol. The van der Waals surface area contributed by atoms with Crippen LogP contribution in [0.3, 0.4) is 0 Å². The molecule has 1 atom stereocenters. The molecule has 4 rings (SSSR count). The average Bonchev–Trinajstić information content (AvgIpc) is 3.45. The van der Waals surface area contributed by atoms with Crippen molar-refractivity contribution >= 4 is 34.6 Å². The molecule has 0 aliphatic carbocycles. The maximum atomic E-state index is 14.8. The summed E-state index contributed by atoms with van der Waals surface area (Å²) < 4.78 is 68.6. The van der Waals surface area contributed by atoms with Gasteiger partial charge in [0.05, 0.1) is 6.54 Å². The lowest BCUT2D eigenvalue weighted by Crippen LogP contribution is -2.37. The number of amides is 3. The van der Waals surface area contributed by atoms with Crippen LogP contribution in [0.25, 0.3) is 11.0 Å². The molecule has 254 valence electrons. The molecule has 2 N–H and O–H groups in total. The highest BCUT2D eigenvalue weighted by Gasteiger charge is 2.25. The van der Waals surface area contributed by atoms with Crippen molar-refractivity contribution in [1.82, 2.24) is 24.3 Å². The predicted octanol–water partition coefficient (Wildman–Crippen LogP) is 4.34. The second kappa shape index (κ2) is 15.3. The van der Waals surface area contributed by atoms with Crippen LogP contribution in [0.5, 0.6) is 5.75 Å². The SMILES string of the molecule is CN(C)C(=O)C=CCCC(OC(=O)N(C)C)C(=O)Nc1cccn(Cc2nc3c(F)cc(F)c(OCc4ccc(F)cc4F)c3[nH]2)c1=O. The Morgan fingerprint density at radius 1 is 1.02 bits per heavy atom. The van der Waals surface area contributed by atoms with Gasteiger partial charge < -0.3 is 34.1 Å². The Labute approximate surface area is 271 Å². The highest BCUT2D eigenvalue weighted by molar-refractivity contribution is 5.95. The van der Waals surface area contributed by atoms with Crippen LogP contribution < -0.4 is 15.6 Å². The van der Waals surface area contributed by atoms with E-state index in [0.717, 1.165) is 21.6 Å². The van der Waals surface area contributed by atoms with Crippen molar-refractivity contribution in [2.24, 2.45) is 0 Å². The second-order valence-electron chi connectivity index (χ2n) is 10.9. The van der Waals surface area contributed by atoms with Crippen LogP contribution in [0.2, 0.25) is 0 Å². The van der Waals surface area contributed by atoms with Crippen molar-refractivity contribution in [2.75, 3.05) is 33.5 Å². The number of likely N-dealkylation sites (N-methyl/N-ethyl adjacent to an activating group) is 1. The summed E-state index contributed by atoms with van der Waals surface area (Å²) in [6.45, 7) is -0.789. The number of aromatic nitrogens is 3. The van der Waals surface area contributed by atoms with Gasteiger partial charge in [0.25, 0.3) is 11.5 Å². The number of aromatic amines is 1. The number of halogens is 4. The molecule has 0 aliphatic heterocycles. The average molecular weight is 673 g/mol. The number of anilines is 1.